The van der Waals surface area contributed by atoms with Crippen molar-refractivity contribution in [3.05, 3.63) is 59.7 Å². The summed E-state index contributed by atoms with van der Waals surface area (Å²) in [6.07, 6.45) is 0.712. The summed E-state index contributed by atoms with van der Waals surface area (Å²) in [5, 5.41) is 8.49. The van der Waals surface area contributed by atoms with E-state index in [1.54, 1.807) is 24.3 Å². The number of anilines is 1. The van der Waals surface area contributed by atoms with Gasteiger partial charge in [0.25, 0.3) is 5.91 Å². The smallest absolute Gasteiger partial charge is 0.319 e. The molecule has 0 radical (unpaired) electrons. The van der Waals surface area contributed by atoms with E-state index >= 15 is 0 Å². The Hall–Kier alpha value is -3.02. The maximum Gasteiger partial charge on any atom is 0.319 e. The van der Waals surface area contributed by atoms with Crippen molar-refractivity contribution in [2.75, 3.05) is 18.5 Å². The Labute approximate surface area is 146 Å². The molecule has 1 aliphatic heterocycles. The molecule has 3 N–H and O–H groups in total. The number of nitrogens with one attached hydrogen (secondary N) is 3. The van der Waals surface area contributed by atoms with Crippen LogP contribution in [0.2, 0.25) is 0 Å². The molecule has 0 saturated heterocycles. The molecule has 3 amide bonds. The van der Waals surface area contributed by atoms with Gasteiger partial charge in [0.2, 0.25) is 0 Å². The highest BCUT2D eigenvalue weighted by atomic mass is 16.5. The van der Waals surface area contributed by atoms with Crippen LogP contribution in [0.1, 0.15) is 35.3 Å². The maximum absolute atomic E-state index is 12.3. The van der Waals surface area contributed by atoms with Crippen molar-refractivity contribution in [3.63, 3.8) is 0 Å². The van der Waals surface area contributed by atoms with Crippen molar-refractivity contribution < 1.29 is 14.3 Å². The highest BCUT2D eigenvalue weighted by Crippen LogP contribution is 2.31. The van der Waals surface area contributed by atoms with Crippen molar-refractivity contribution in [1.29, 1.82) is 0 Å². The minimum absolute atomic E-state index is 0.100. The van der Waals surface area contributed by atoms with Crippen molar-refractivity contribution in [1.82, 2.24) is 10.6 Å². The summed E-state index contributed by atoms with van der Waals surface area (Å²) in [5.74, 6) is 0.641. The Morgan fingerprint density at radius 3 is 2.84 bits per heavy atom. The molecule has 1 atom stereocenters. The van der Waals surface area contributed by atoms with Gasteiger partial charge in [0.05, 0.1) is 12.6 Å². The summed E-state index contributed by atoms with van der Waals surface area (Å²) >= 11 is 0. The topological polar surface area (TPSA) is 79.5 Å². The van der Waals surface area contributed by atoms with Crippen LogP contribution in [0.15, 0.2) is 48.5 Å². The minimum Gasteiger partial charge on any atom is -0.493 e. The predicted octanol–water partition coefficient (Wildman–Crippen LogP) is 3.08. The quantitative estimate of drug-likeness (QED) is 0.801. The first-order valence-corrected chi connectivity index (χ1v) is 8.35. The molecule has 0 saturated carbocycles. The first kappa shape index (κ1) is 16.8. The molecule has 0 bridgehead atoms. The van der Waals surface area contributed by atoms with Crippen LogP contribution in [-0.2, 0) is 0 Å². The van der Waals surface area contributed by atoms with Gasteiger partial charge >= 0.3 is 6.03 Å². The molecular formula is C19H21N3O3. The number of urea groups is 1. The Kier molecular flexibility index (Phi) is 5.18. The van der Waals surface area contributed by atoms with Gasteiger partial charge in [-0.25, -0.2) is 4.79 Å². The fraction of sp³-hybridized carbons (Fsp3) is 0.263. The van der Waals surface area contributed by atoms with Crippen LogP contribution in [0.5, 0.6) is 5.75 Å². The fourth-order valence-electron chi connectivity index (χ4n) is 2.82. The van der Waals surface area contributed by atoms with Gasteiger partial charge in [0.15, 0.2) is 0 Å². The number of amides is 3. The second kappa shape index (κ2) is 7.70. The van der Waals surface area contributed by atoms with E-state index < -0.39 is 0 Å². The van der Waals surface area contributed by atoms with Gasteiger partial charge in [-0.3, -0.25) is 4.79 Å². The summed E-state index contributed by atoms with van der Waals surface area (Å²) in [5.41, 5.74) is 2.05. The van der Waals surface area contributed by atoms with Crippen LogP contribution >= 0.6 is 0 Å². The van der Waals surface area contributed by atoms with Gasteiger partial charge in [-0.15, -0.1) is 0 Å². The van der Waals surface area contributed by atoms with E-state index in [0.29, 0.717) is 30.8 Å². The molecule has 2 aromatic carbocycles. The zero-order chi connectivity index (χ0) is 17.6. The molecule has 25 heavy (non-hydrogen) atoms. The van der Waals surface area contributed by atoms with Crippen LogP contribution in [0.25, 0.3) is 0 Å². The van der Waals surface area contributed by atoms with Crippen molar-refractivity contribution in [2.45, 2.75) is 19.4 Å². The van der Waals surface area contributed by atoms with Crippen LogP contribution < -0.4 is 20.7 Å². The van der Waals surface area contributed by atoms with Gasteiger partial charge < -0.3 is 20.7 Å². The van der Waals surface area contributed by atoms with Crippen LogP contribution in [0.3, 0.4) is 0 Å². The fourth-order valence-corrected chi connectivity index (χ4v) is 2.82. The van der Waals surface area contributed by atoms with E-state index in [2.05, 4.69) is 16.0 Å². The summed E-state index contributed by atoms with van der Waals surface area (Å²) in [4.78, 5) is 24.2. The number of carbonyl (C=O) groups excluding carboxylic acids is 2. The van der Waals surface area contributed by atoms with Crippen molar-refractivity contribution in [3.8, 4) is 5.75 Å². The van der Waals surface area contributed by atoms with E-state index in [1.165, 1.54) is 0 Å². The Morgan fingerprint density at radius 2 is 2.00 bits per heavy atom. The first-order chi connectivity index (χ1) is 12.2. The number of para-hydroxylation sites is 1. The van der Waals surface area contributed by atoms with Crippen LogP contribution in [-0.4, -0.2) is 25.1 Å². The zero-order valence-corrected chi connectivity index (χ0v) is 14.0. The second-order valence-corrected chi connectivity index (χ2v) is 5.77. The third kappa shape index (κ3) is 4.09. The van der Waals surface area contributed by atoms with Gasteiger partial charge in [-0.1, -0.05) is 24.3 Å². The molecule has 0 unspecified atom stereocenters. The molecule has 0 aliphatic carbocycles. The number of carbonyl (C=O) groups is 2. The average Bonchev–Trinajstić information content (AvgIpc) is 2.62. The van der Waals surface area contributed by atoms with E-state index in [1.807, 2.05) is 31.2 Å². The Morgan fingerprint density at radius 1 is 1.16 bits per heavy atom. The number of hydrogen-bond donors (Lipinski definition) is 3. The lowest BCUT2D eigenvalue weighted by molar-refractivity contribution is 0.0956. The Bertz CT molecular complexity index is 776. The number of benzene rings is 2. The third-order valence-electron chi connectivity index (χ3n) is 3.98. The molecule has 0 fully saturated rings. The van der Waals surface area contributed by atoms with Crippen molar-refractivity contribution >= 4 is 17.6 Å². The number of ether oxygens (including phenoxy) is 1. The molecule has 3 rings (SSSR count). The summed E-state index contributed by atoms with van der Waals surface area (Å²) in [6, 6.07) is 14.1. The van der Waals surface area contributed by atoms with E-state index in [4.69, 9.17) is 4.74 Å². The molecule has 2 aromatic rings. The molecule has 0 aromatic heterocycles. The highest BCUT2D eigenvalue weighted by molar-refractivity contribution is 5.96. The van der Waals surface area contributed by atoms with Crippen LogP contribution in [0.4, 0.5) is 10.5 Å². The number of fused-ring (bicyclic) bond motifs is 1. The number of rotatable bonds is 4. The van der Waals surface area contributed by atoms with Gasteiger partial charge in [0.1, 0.15) is 5.75 Å². The van der Waals surface area contributed by atoms with Gasteiger partial charge in [0, 0.05) is 29.8 Å². The predicted molar refractivity (Wildman–Crippen MR) is 95.9 cm³/mol. The average molecular weight is 339 g/mol. The molecule has 6 heteroatoms. The molecule has 130 valence electrons. The molecule has 0 spiro atoms. The summed E-state index contributed by atoms with van der Waals surface area (Å²) in [7, 11) is 0. The van der Waals surface area contributed by atoms with Crippen LogP contribution in [0, 0.1) is 0 Å². The first-order valence-electron chi connectivity index (χ1n) is 8.35. The highest BCUT2D eigenvalue weighted by Gasteiger charge is 2.22. The van der Waals surface area contributed by atoms with Gasteiger partial charge in [-0.2, -0.15) is 0 Å². The lowest BCUT2D eigenvalue weighted by Crippen LogP contribution is -2.35. The van der Waals surface area contributed by atoms with E-state index in [0.717, 1.165) is 11.3 Å². The summed E-state index contributed by atoms with van der Waals surface area (Å²) < 4.78 is 5.60. The summed E-state index contributed by atoms with van der Waals surface area (Å²) in [6.45, 7) is 2.98. The minimum atomic E-state index is -0.310. The second-order valence-electron chi connectivity index (χ2n) is 5.77. The Balaban J connectivity index is 1.66. The third-order valence-corrected chi connectivity index (χ3v) is 3.98. The maximum atomic E-state index is 12.3. The van der Waals surface area contributed by atoms with E-state index in [-0.39, 0.29) is 18.0 Å². The van der Waals surface area contributed by atoms with E-state index in [9.17, 15) is 9.59 Å². The number of hydrogen-bond acceptors (Lipinski definition) is 3. The lowest BCUT2D eigenvalue weighted by Gasteiger charge is -2.26. The monoisotopic (exact) mass is 339 g/mol. The molecule has 1 aliphatic rings. The molecular weight excluding hydrogens is 318 g/mol. The van der Waals surface area contributed by atoms with Crippen molar-refractivity contribution in [2.24, 2.45) is 0 Å². The largest absolute Gasteiger partial charge is 0.493 e. The SMILES string of the molecule is CCNC(=O)c1cccc(NC(=O)N[C@H]2CCOc3ccccc32)c1. The normalized spacial score (nSPS) is 15.5. The zero-order valence-electron chi connectivity index (χ0n) is 14.0. The van der Waals surface area contributed by atoms with Gasteiger partial charge in [-0.05, 0) is 31.2 Å². The molecule has 1 heterocycles. The standard InChI is InChI=1S/C19H21N3O3/c1-2-20-18(23)13-6-5-7-14(12-13)21-19(24)22-16-10-11-25-17-9-4-3-8-15(16)17/h3-9,12,16H,2,10-11H2,1H3,(H,20,23)(H2,21,22,24)/t16-/m0/s1. The molecule has 6 nitrogen and oxygen atoms in total. The lowest BCUT2D eigenvalue weighted by atomic mass is 10.0.